The number of nitrogens with one attached hydrogen (secondary N) is 1. The summed E-state index contributed by atoms with van der Waals surface area (Å²) in [6.07, 6.45) is 1.52. The van der Waals surface area contributed by atoms with Gasteiger partial charge in [-0.25, -0.2) is 0 Å². The third kappa shape index (κ3) is 5.69. The molecule has 1 amide bonds. The van der Waals surface area contributed by atoms with Gasteiger partial charge in [-0.15, -0.1) is 0 Å². The molecule has 0 aromatic heterocycles. The maximum Gasteiger partial charge on any atom is 0.234 e. The molecule has 1 heterocycles. The van der Waals surface area contributed by atoms with Gasteiger partial charge in [0, 0.05) is 13.1 Å². The lowest BCUT2D eigenvalue weighted by Crippen LogP contribution is -2.47. The molecule has 1 aromatic rings. The van der Waals surface area contributed by atoms with Crippen LogP contribution in [-0.4, -0.2) is 53.2 Å². The fraction of sp³-hybridized carbons (Fsp3) is 0.562. The number of benzene rings is 1. The van der Waals surface area contributed by atoms with E-state index in [-0.39, 0.29) is 5.91 Å². The van der Waals surface area contributed by atoms with Crippen LogP contribution in [0.1, 0.15) is 18.4 Å². The molecule has 0 bridgehead atoms. The van der Waals surface area contributed by atoms with Crippen LogP contribution in [0.2, 0.25) is 0 Å². The van der Waals surface area contributed by atoms with Gasteiger partial charge in [0.25, 0.3) is 0 Å². The quantitative estimate of drug-likeness (QED) is 0.836. The van der Waals surface area contributed by atoms with Crippen molar-refractivity contribution in [3.63, 3.8) is 0 Å². The summed E-state index contributed by atoms with van der Waals surface area (Å²) < 4.78 is 0. The van der Waals surface area contributed by atoms with Gasteiger partial charge in [0.15, 0.2) is 0 Å². The van der Waals surface area contributed by atoms with Crippen LogP contribution >= 0.6 is 11.8 Å². The first kappa shape index (κ1) is 16.3. The van der Waals surface area contributed by atoms with Crippen LogP contribution in [0, 0.1) is 0 Å². The van der Waals surface area contributed by atoms with Crippen LogP contribution < -0.4 is 5.32 Å². The van der Waals surface area contributed by atoms with E-state index in [1.807, 2.05) is 41.9 Å². The summed E-state index contributed by atoms with van der Waals surface area (Å²) in [5.41, 5.74) is 0.481. The fourth-order valence-corrected chi connectivity index (χ4v) is 3.70. The molecular weight excluding hydrogens is 284 g/mol. The molecule has 1 fully saturated rings. The molecule has 0 saturated carbocycles. The SMILES string of the molecule is CN(CC(=O)NCC1(O)CCSCC1)Cc1ccccc1. The molecule has 4 nitrogen and oxygen atoms in total. The van der Waals surface area contributed by atoms with Crippen molar-refractivity contribution in [3.8, 4) is 0 Å². The predicted octanol–water partition coefficient (Wildman–Crippen LogP) is 1.49. The van der Waals surface area contributed by atoms with Gasteiger partial charge in [-0.3, -0.25) is 9.69 Å². The Bertz CT molecular complexity index is 447. The second-order valence-corrected chi connectivity index (χ2v) is 7.00. The zero-order valence-corrected chi connectivity index (χ0v) is 13.4. The van der Waals surface area contributed by atoms with Gasteiger partial charge >= 0.3 is 0 Å². The molecule has 0 aliphatic carbocycles. The Morgan fingerprint density at radius 1 is 1.33 bits per heavy atom. The van der Waals surface area contributed by atoms with E-state index in [1.165, 1.54) is 5.56 Å². The van der Waals surface area contributed by atoms with Crippen LogP contribution in [0.3, 0.4) is 0 Å². The number of likely N-dealkylation sites (N-methyl/N-ethyl adjacent to an activating group) is 1. The molecule has 21 heavy (non-hydrogen) atoms. The van der Waals surface area contributed by atoms with Gasteiger partial charge in [-0.2, -0.15) is 11.8 Å². The van der Waals surface area contributed by atoms with E-state index in [9.17, 15) is 9.90 Å². The number of aliphatic hydroxyl groups is 1. The Balaban J connectivity index is 1.71. The lowest BCUT2D eigenvalue weighted by Gasteiger charge is -2.32. The van der Waals surface area contributed by atoms with E-state index in [2.05, 4.69) is 17.4 Å². The summed E-state index contributed by atoms with van der Waals surface area (Å²) in [6.45, 7) is 1.46. The van der Waals surface area contributed by atoms with Crippen LogP contribution in [-0.2, 0) is 11.3 Å². The number of rotatable bonds is 6. The van der Waals surface area contributed by atoms with Crippen molar-refractivity contribution >= 4 is 17.7 Å². The number of hydrogen-bond donors (Lipinski definition) is 2. The largest absolute Gasteiger partial charge is 0.388 e. The normalized spacial score (nSPS) is 17.7. The molecule has 2 N–H and O–H groups in total. The summed E-state index contributed by atoms with van der Waals surface area (Å²) in [6, 6.07) is 10.1. The predicted molar refractivity (Wildman–Crippen MR) is 87.3 cm³/mol. The molecule has 0 unspecified atom stereocenters. The van der Waals surface area contributed by atoms with E-state index in [1.54, 1.807) is 0 Å². The number of carbonyl (C=O) groups excluding carboxylic acids is 1. The third-order valence-corrected chi connectivity index (χ3v) is 4.73. The number of carbonyl (C=O) groups is 1. The van der Waals surface area contributed by atoms with Crippen molar-refractivity contribution in [2.75, 3.05) is 31.6 Å². The second-order valence-electron chi connectivity index (χ2n) is 5.77. The van der Waals surface area contributed by atoms with Crippen molar-refractivity contribution in [2.24, 2.45) is 0 Å². The zero-order chi connectivity index (χ0) is 15.1. The van der Waals surface area contributed by atoms with Crippen molar-refractivity contribution in [1.29, 1.82) is 0 Å². The van der Waals surface area contributed by atoms with Crippen LogP contribution in [0.4, 0.5) is 0 Å². The van der Waals surface area contributed by atoms with E-state index >= 15 is 0 Å². The standard InChI is InChI=1S/C16H24N2O2S/c1-18(11-14-5-3-2-4-6-14)12-15(19)17-13-16(20)7-9-21-10-8-16/h2-6,20H,7-13H2,1H3,(H,17,19). The Morgan fingerprint density at radius 3 is 2.67 bits per heavy atom. The lowest BCUT2D eigenvalue weighted by atomic mass is 9.97. The van der Waals surface area contributed by atoms with Crippen molar-refractivity contribution in [2.45, 2.75) is 25.0 Å². The summed E-state index contributed by atoms with van der Waals surface area (Å²) in [4.78, 5) is 13.9. The minimum absolute atomic E-state index is 0.0277. The minimum atomic E-state index is -0.709. The Labute approximate surface area is 130 Å². The molecule has 116 valence electrons. The highest BCUT2D eigenvalue weighted by molar-refractivity contribution is 7.99. The number of thioether (sulfide) groups is 1. The highest BCUT2D eigenvalue weighted by atomic mass is 32.2. The number of nitrogens with zero attached hydrogens (tertiary/aromatic N) is 1. The zero-order valence-electron chi connectivity index (χ0n) is 12.5. The smallest absolute Gasteiger partial charge is 0.234 e. The minimum Gasteiger partial charge on any atom is -0.388 e. The van der Waals surface area contributed by atoms with Gasteiger partial charge < -0.3 is 10.4 Å². The van der Waals surface area contributed by atoms with E-state index < -0.39 is 5.60 Å². The molecule has 0 spiro atoms. The first-order valence-corrected chi connectivity index (χ1v) is 8.52. The number of hydrogen-bond acceptors (Lipinski definition) is 4. The Hall–Kier alpha value is -1.04. The molecule has 5 heteroatoms. The first-order chi connectivity index (χ1) is 10.1. The maximum atomic E-state index is 12.0. The highest BCUT2D eigenvalue weighted by Gasteiger charge is 2.29. The second kappa shape index (κ2) is 7.82. The van der Waals surface area contributed by atoms with Gasteiger partial charge in [-0.05, 0) is 37.0 Å². The molecule has 1 aromatic carbocycles. The van der Waals surface area contributed by atoms with Gasteiger partial charge in [-0.1, -0.05) is 30.3 Å². The molecule has 1 aliphatic rings. The Kier molecular flexibility index (Phi) is 6.08. The van der Waals surface area contributed by atoms with Gasteiger partial charge in [0.05, 0.1) is 12.1 Å². The molecule has 0 atom stereocenters. The van der Waals surface area contributed by atoms with E-state index in [0.717, 1.165) is 30.9 Å². The third-order valence-electron chi connectivity index (χ3n) is 3.75. The highest BCUT2D eigenvalue weighted by Crippen LogP contribution is 2.26. The molecular formula is C16H24N2O2S. The average molecular weight is 308 g/mol. The van der Waals surface area contributed by atoms with Crippen molar-refractivity contribution in [1.82, 2.24) is 10.2 Å². The topological polar surface area (TPSA) is 52.6 Å². The van der Waals surface area contributed by atoms with Crippen LogP contribution in [0.5, 0.6) is 0 Å². The molecule has 2 rings (SSSR count). The fourth-order valence-electron chi connectivity index (χ4n) is 2.44. The van der Waals surface area contributed by atoms with Crippen molar-refractivity contribution in [3.05, 3.63) is 35.9 Å². The summed E-state index contributed by atoms with van der Waals surface area (Å²) in [5.74, 6) is 1.92. The molecule has 1 saturated heterocycles. The van der Waals surface area contributed by atoms with Crippen LogP contribution in [0.25, 0.3) is 0 Å². The number of amides is 1. The van der Waals surface area contributed by atoms with Gasteiger partial charge in [0.2, 0.25) is 5.91 Å². The van der Waals surface area contributed by atoms with E-state index in [0.29, 0.717) is 13.1 Å². The summed E-state index contributed by atoms with van der Waals surface area (Å²) in [5, 5.41) is 13.2. The monoisotopic (exact) mass is 308 g/mol. The average Bonchev–Trinajstić information content (AvgIpc) is 2.47. The van der Waals surface area contributed by atoms with E-state index in [4.69, 9.17) is 0 Å². The van der Waals surface area contributed by atoms with Crippen LogP contribution in [0.15, 0.2) is 30.3 Å². The maximum absolute atomic E-state index is 12.0. The Morgan fingerprint density at radius 2 is 2.00 bits per heavy atom. The summed E-state index contributed by atoms with van der Waals surface area (Å²) in [7, 11) is 1.93. The first-order valence-electron chi connectivity index (χ1n) is 7.37. The lowest BCUT2D eigenvalue weighted by molar-refractivity contribution is -0.123. The molecule has 1 aliphatic heterocycles. The van der Waals surface area contributed by atoms with Crippen molar-refractivity contribution < 1.29 is 9.90 Å². The molecule has 0 radical (unpaired) electrons. The van der Waals surface area contributed by atoms with Gasteiger partial charge in [0.1, 0.15) is 0 Å². The summed E-state index contributed by atoms with van der Waals surface area (Å²) >= 11 is 1.86.